The third kappa shape index (κ3) is 2.68. The number of halogens is 2. The summed E-state index contributed by atoms with van der Waals surface area (Å²) in [6, 6.07) is 5.60. The van der Waals surface area contributed by atoms with Gasteiger partial charge in [0.25, 0.3) is 5.56 Å². The number of hydrogen-bond acceptors (Lipinski definition) is 3. The third-order valence-corrected chi connectivity index (χ3v) is 4.02. The lowest BCUT2D eigenvalue weighted by atomic mass is 10.2. The molecule has 2 N–H and O–H groups in total. The van der Waals surface area contributed by atoms with Crippen molar-refractivity contribution in [1.82, 2.24) is 9.55 Å². The molecule has 6 heteroatoms. The maximum Gasteiger partial charge on any atom is 0.267 e. The van der Waals surface area contributed by atoms with Gasteiger partial charge < -0.3 is 5.73 Å². The molecule has 0 saturated carbocycles. The van der Waals surface area contributed by atoms with Crippen molar-refractivity contribution in [2.45, 2.75) is 6.54 Å². The van der Waals surface area contributed by atoms with E-state index in [-0.39, 0.29) is 5.56 Å². The van der Waals surface area contributed by atoms with Crippen LogP contribution >= 0.6 is 38.5 Å². The second kappa shape index (κ2) is 5.18. The summed E-state index contributed by atoms with van der Waals surface area (Å²) in [5.74, 6) is 0. The molecule has 88 valence electrons. The van der Waals surface area contributed by atoms with Gasteiger partial charge in [-0.2, -0.15) is 0 Å². The predicted octanol–water partition coefficient (Wildman–Crippen LogP) is 2.24. The fourth-order valence-corrected chi connectivity index (χ4v) is 2.30. The first kappa shape index (κ1) is 12.6. The minimum absolute atomic E-state index is 0.0464. The molecule has 1 aromatic heterocycles. The van der Waals surface area contributed by atoms with E-state index in [4.69, 9.17) is 5.73 Å². The van der Waals surface area contributed by atoms with Gasteiger partial charge in [0.1, 0.15) is 0 Å². The molecule has 0 spiro atoms. The molecule has 0 atom stereocenters. The zero-order chi connectivity index (χ0) is 12.4. The van der Waals surface area contributed by atoms with Gasteiger partial charge in [-0.3, -0.25) is 9.36 Å². The Labute approximate surface area is 120 Å². The van der Waals surface area contributed by atoms with E-state index in [1.807, 2.05) is 40.8 Å². The van der Waals surface area contributed by atoms with Crippen LogP contribution in [-0.4, -0.2) is 9.55 Å². The van der Waals surface area contributed by atoms with Crippen molar-refractivity contribution in [1.29, 1.82) is 0 Å². The molecule has 0 unspecified atom stereocenters. The summed E-state index contributed by atoms with van der Waals surface area (Å²) in [4.78, 5) is 15.8. The normalized spacial score (nSPS) is 10.5. The number of hydrogen-bond donors (Lipinski definition) is 1. The van der Waals surface area contributed by atoms with Crippen molar-refractivity contribution in [3.8, 4) is 0 Å². The molecule has 0 fully saturated rings. The Morgan fingerprint density at radius 1 is 1.47 bits per heavy atom. The van der Waals surface area contributed by atoms with E-state index in [2.05, 4.69) is 20.9 Å². The molecule has 0 aliphatic carbocycles. The highest BCUT2D eigenvalue weighted by Gasteiger charge is 2.06. The largest absolute Gasteiger partial charge is 0.398 e. The molecule has 0 aliphatic heterocycles. The Kier molecular flexibility index (Phi) is 3.82. The summed E-state index contributed by atoms with van der Waals surface area (Å²) in [7, 11) is 0. The van der Waals surface area contributed by atoms with Crippen LogP contribution in [0.5, 0.6) is 0 Å². The van der Waals surface area contributed by atoms with E-state index in [1.54, 1.807) is 10.8 Å². The van der Waals surface area contributed by atoms with Crippen molar-refractivity contribution in [2.75, 3.05) is 5.73 Å². The SMILES string of the molecule is Nc1cccc(Cn2cncc(I)c2=O)c1Br. The molecule has 2 rings (SSSR count). The summed E-state index contributed by atoms with van der Waals surface area (Å²) in [5, 5.41) is 0. The van der Waals surface area contributed by atoms with Crippen LogP contribution in [-0.2, 0) is 6.54 Å². The van der Waals surface area contributed by atoms with E-state index in [0.29, 0.717) is 15.8 Å². The monoisotopic (exact) mass is 405 g/mol. The van der Waals surface area contributed by atoms with Crippen molar-refractivity contribution >= 4 is 44.2 Å². The molecule has 0 bridgehead atoms. The Bertz CT molecular complexity index is 612. The number of nitrogens with two attached hydrogens (primary N) is 1. The smallest absolute Gasteiger partial charge is 0.267 e. The van der Waals surface area contributed by atoms with Crippen LogP contribution in [0.15, 0.2) is 40.0 Å². The van der Waals surface area contributed by atoms with Crippen LogP contribution in [0.25, 0.3) is 0 Å². The number of nitrogen functional groups attached to an aromatic ring is 1. The van der Waals surface area contributed by atoms with Gasteiger partial charge >= 0.3 is 0 Å². The third-order valence-electron chi connectivity index (χ3n) is 2.31. The lowest BCUT2D eigenvalue weighted by Gasteiger charge is -2.09. The molecular weight excluding hydrogens is 397 g/mol. The molecule has 2 aromatic rings. The highest BCUT2D eigenvalue weighted by molar-refractivity contribution is 14.1. The van der Waals surface area contributed by atoms with E-state index in [1.165, 1.54) is 6.33 Å². The minimum atomic E-state index is -0.0464. The van der Waals surface area contributed by atoms with Crippen LogP contribution in [0.2, 0.25) is 0 Å². The number of anilines is 1. The molecule has 0 amide bonds. The minimum Gasteiger partial charge on any atom is -0.398 e. The number of aromatic nitrogens is 2. The van der Waals surface area contributed by atoms with E-state index < -0.39 is 0 Å². The molecule has 4 nitrogen and oxygen atoms in total. The second-order valence-corrected chi connectivity index (χ2v) is 5.45. The zero-order valence-corrected chi connectivity index (χ0v) is 12.5. The fraction of sp³-hybridized carbons (Fsp3) is 0.0909. The highest BCUT2D eigenvalue weighted by Crippen LogP contribution is 2.24. The van der Waals surface area contributed by atoms with Crippen LogP contribution < -0.4 is 11.3 Å². The van der Waals surface area contributed by atoms with E-state index in [9.17, 15) is 4.79 Å². The Morgan fingerprint density at radius 2 is 2.24 bits per heavy atom. The van der Waals surface area contributed by atoms with Crippen molar-refractivity contribution in [3.63, 3.8) is 0 Å². The summed E-state index contributed by atoms with van der Waals surface area (Å²) in [6.45, 7) is 0.453. The molecule has 17 heavy (non-hydrogen) atoms. The average Bonchev–Trinajstić information content (AvgIpc) is 2.31. The van der Waals surface area contributed by atoms with Gasteiger partial charge in [-0.15, -0.1) is 0 Å². The second-order valence-electron chi connectivity index (χ2n) is 3.49. The van der Waals surface area contributed by atoms with Crippen molar-refractivity contribution in [3.05, 3.63) is 54.7 Å². The number of rotatable bonds is 2. The highest BCUT2D eigenvalue weighted by atomic mass is 127. The molecule has 0 aliphatic rings. The zero-order valence-electron chi connectivity index (χ0n) is 8.73. The van der Waals surface area contributed by atoms with E-state index in [0.717, 1.165) is 10.0 Å². The van der Waals surface area contributed by atoms with Crippen LogP contribution in [0.4, 0.5) is 5.69 Å². The first-order valence-corrected chi connectivity index (χ1v) is 6.69. The molecule has 0 radical (unpaired) electrons. The maximum atomic E-state index is 11.8. The van der Waals surface area contributed by atoms with Gasteiger partial charge in [0, 0.05) is 16.4 Å². The fourth-order valence-electron chi connectivity index (χ4n) is 1.44. The van der Waals surface area contributed by atoms with Crippen LogP contribution in [0.3, 0.4) is 0 Å². The topological polar surface area (TPSA) is 60.9 Å². The average molecular weight is 406 g/mol. The van der Waals surface area contributed by atoms with Gasteiger partial charge in [0.2, 0.25) is 0 Å². The maximum absolute atomic E-state index is 11.8. The van der Waals surface area contributed by atoms with E-state index >= 15 is 0 Å². The standard InChI is InChI=1S/C11H9BrIN3O/c12-10-7(2-1-3-9(10)14)5-16-6-15-4-8(13)11(16)17/h1-4,6H,5,14H2. The summed E-state index contributed by atoms with van der Waals surface area (Å²) >= 11 is 5.39. The molecule has 0 saturated heterocycles. The van der Waals surface area contributed by atoms with Gasteiger partial charge in [0.15, 0.2) is 0 Å². The molecule has 1 heterocycles. The number of nitrogens with zero attached hydrogens (tertiary/aromatic N) is 2. The van der Waals surface area contributed by atoms with Gasteiger partial charge in [0.05, 0.1) is 16.4 Å². The summed E-state index contributed by atoms with van der Waals surface area (Å²) in [5.41, 5.74) is 7.36. The molecular formula is C11H9BrIN3O. The van der Waals surface area contributed by atoms with Crippen molar-refractivity contribution < 1.29 is 0 Å². The summed E-state index contributed by atoms with van der Waals surface area (Å²) < 4.78 is 2.98. The lowest BCUT2D eigenvalue weighted by molar-refractivity contribution is 0.728. The first-order chi connectivity index (χ1) is 8.09. The first-order valence-electron chi connectivity index (χ1n) is 4.82. The van der Waals surface area contributed by atoms with Gasteiger partial charge in [-0.25, -0.2) is 4.98 Å². The Balaban J connectivity index is 2.42. The molecule has 1 aromatic carbocycles. The quantitative estimate of drug-likeness (QED) is 0.615. The van der Waals surface area contributed by atoms with Gasteiger partial charge in [-0.05, 0) is 50.2 Å². The Hall–Kier alpha value is -0.890. The van der Waals surface area contributed by atoms with Gasteiger partial charge in [-0.1, -0.05) is 12.1 Å². The predicted molar refractivity (Wildman–Crippen MR) is 78.9 cm³/mol. The Morgan fingerprint density at radius 3 is 3.00 bits per heavy atom. The van der Waals surface area contributed by atoms with Crippen LogP contribution in [0, 0.1) is 3.57 Å². The summed E-state index contributed by atoms with van der Waals surface area (Å²) in [6.07, 6.45) is 3.08. The number of benzene rings is 1. The lowest BCUT2D eigenvalue weighted by Crippen LogP contribution is -2.23. The van der Waals surface area contributed by atoms with Crippen molar-refractivity contribution in [2.24, 2.45) is 0 Å². The van der Waals surface area contributed by atoms with Crippen LogP contribution in [0.1, 0.15) is 5.56 Å².